The molecule has 0 aliphatic rings. The predicted octanol–water partition coefficient (Wildman–Crippen LogP) is 6.91. The fraction of sp³-hybridized carbons (Fsp3) is 0.762. The number of carboxylic acid groups (broad SMARTS) is 1. The summed E-state index contributed by atoms with van der Waals surface area (Å²) in [6.45, 7) is 9.00. The lowest BCUT2D eigenvalue weighted by atomic mass is 9.97. The molecule has 23 heavy (non-hydrogen) atoms. The van der Waals surface area contributed by atoms with Crippen LogP contribution >= 0.6 is 0 Å². The summed E-state index contributed by atoms with van der Waals surface area (Å²) in [5, 5.41) is 8.61. The van der Waals surface area contributed by atoms with E-state index in [4.69, 9.17) is 5.11 Å². The molecule has 0 rings (SSSR count). The smallest absolute Gasteiger partial charge is 0.303 e. The second kappa shape index (κ2) is 14.5. The third kappa shape index (κ3) is 15.6. The summed E-state index contributed by atoms with van der Waals surface area (Å²) < 4.78 is 0. The quantitative estimate of drug-likeness (QED) is 0.278. The first-order valence-electron chi connectivity index (χ1n) is 9.50. The Morgan fingerprint density at radius 2 is 1.70 bits per heavy atom. The molecule has 0 aromatic rings. The molecule has 0 spiro atoms. The van der Waals surface area contributed by atoms with Gasteiger partial charge in [-0.05, 0) is 51.9 Å². The van der Waals surface area contributed by atoms with Gasteiger partial charge in [0.2, 0.25) is 0 Å². The summed E-state index contributed by atoms with van der Waals surface area (Å²) in [5.74, 6) is -0.0806. The summed E-state index contributed by atoms with van der Waals surface area (Å²) in [4.78, 5) is 10.5. The Bertz CT molecular complexity index is 366. The molecule has 0 aromatic heterocycles. The van der Waals surface area contributed by atoms with Gasteiger partial charge >= 0.3 is 5.97 Å². The first-order chi connectivity index (χ1) is 11.0. The molecule has 0 heterocycles. The highest BCUT2D eigenvalue weighted by Gasteiger charge is 2.02. The normalized spacial score (nSPS) is 14.1. The minimum Gasteiger partial charge on any atom is -0.481 e. The minimum atomic E-state index is -0.675. The van der Waals surface area contributed by atoms with Crippen LogP contribution in [0.4, 0.5) is 0 Å². The highest BCUT2D eigenvalue weighted by molar-refractivity contribution is 5.66. The van der Waals surface area contributed by atoms with E-state index in [1.54, 1.807) is 0 Å². The van der Waals surface area contributed by atoms with E-state index >= 15 is 0 Å². The van der Waals surface area contributed by atoms with Gasteiger partial charge in [-0.25, -0.2) is 0 Å². The molecule has 0 saturated heterocycles. The molecule has 0 radical (unpaired) electrons. The van der Waals surface area contributed by atoms with Crippen LogP contribution in [0.3, 0.4) is 0 Å². The number of rotatable bonds is 14. The van der Waals surface area contributed by atoms with Gasteiger partial charge in [0, 0.05) is 6.42 Å². The summed E-state index contributed by atoms with van der Waals surface area (Å²) >= 11 is 0. The van der Waals surface area contributed by atoms with Crippen molar-refractivity contribution in [3.05, 3.63) is 23.3 Å². The van der Waals surface area contributed by atoms with Crippen molar-refractivity contribution in [2.24, 2.45) is 5.92 Å². The van der Waals surface area contributed by atoms with Crippen LogP contribution in [0.25, 0.3) is 0 Å². The van der Waals surface area contributed by atoms with Crippen molar-refractivity contribution >= 4 is 5.97 Å². The number of carbonyl (C=O) groups is 1. The van der Waals surface area contributed by atoms with Gasteiger partial charge in [-0.3, -0.25) is 4.79 Å². The van der Waals surface area contributed by atoms with E-state index in [2.05, 4.69) is 39.8 Å². The molecular weight excluding hydrogens is 284 g/mol. The molecule has 2 nitrogen and oxygen atoms in total. The van der Waals surface area contributed by atoms with E-state index in [0.29, 0.717) is 12.3 Å². The molecule has 134 valence electrons. The van der Waals surface area contributed by atoms with Crippen LogP contribution < -0.4 is 0 Å². The third-order valence-electron chi connectivity index (χ3n) is 4.23. The van der Waals surface area contributed by atoms with Gasteiger partial charge in [-0.1, -0.05) is 69.2 Å². The van der Waals surface area contributed by atoms with E-state index in [9.17, 15) is 4.79 Å². The number of hydrogen-bond donors (Lipinski definition) is 1. The molecule has 0 saturated carbocycles. The number of hydrogen-bond acceptors (Lipinski definition) is 1. The SMILES string of the molecule is CCCCCC/C=C(/C)C/C(C)=C/[C@@H](C)CCCCCC(=O)O. The monoisotopic (exact) mass is 322 g/mol. The van der Waals surface area contributed by atoms with Crippen LogP contribution in [0.2, 0.25) is 0 Å². The maximum Gasteiger partial charge on any atom is 0.303 e. The largest absolute Gasteiger partial charge is 0.481 e. The van der Waals surface area contributed by atoms with Crippen LogP contribution in [0.1, 0.15) is 98.3 Å². The van der Waals surface area contributed by atoms with Crippen LogP contribution in [0.5, 0.6) is 0 Å². The Morgan fingerprint density at radius 3 is 2.35 bits per heavy atom. The van der Waals surface area contributed by atoms with Crippen molar-refractivity contribution in [2.45, 2.75) is 98.3 Å². The van der Waals surface area contributed by atoms with Gasteiger partial charge in [0.25, 0.3) is 0 Å². The molecule has 0 amide bonds. The summed E-state index contributed by atoms with van der Waals surface area (Å²) in [6.07, 6.45) is 16.9. The van der Waals surface area contributed by atoms with Crippen molar-refractivity contribution in [3.8, 4) is 0 Å². The molecule has 0 aliphatic carbocycles. The maximum absolute atomic E-state index is 10.5. The third-order valence-corrected chi connectivity index (χ3v) is 4.23. The first kappa shape index (κ1) is 21.9. The second-order valence-corrected chi connectivity index (χ2v) is 7.06. The Kier molecular flexibility index (Phi) is 13.9. The topological polar surface area (TPSA) is 37.3 Å². The average molecular weight is 323 g/mol. The maximum atomic E-state index is 10.5. The summed E-state index contributed by atoms with van der Waals surface area (Å²) in [7, 11) is 0. The summed E-state index contributed by atoms with van der Waals surface area (Å²) in [6, 6.07) is 0. The highest BCUT2D eigenvalue weighted by Crippen LogP contribution is 2.18. The standard InChI is InChI=1S/C21H38O2/c1-5-6-7-8-10-13-18(2)16-20(4)17-19(3)14-11-9-12-15-21(22)23/h13,17,19H,5-12,14-16H2,1-4H3,(H,22,23)/b18-13-,20-17+/t19-/m0/s1. The van der Waals surface area contributed by atoms with Gasteiger partial charge in [0.15, 0.2) is 0 Å². The Balaban J connectivity index is 3.88. The lowest BCUT2D eigenvalue weighted by molar-refractivity contribution is -0.137. The minimum absolute atomic E-state index is 0.311. The average Bonchev–Trinajstić information content (AvgIpc) is 2.46. The fourth-order valence-corrected chi connectivity index (χ4v) is 2.98. The van der Waals surface area contributed by atoms with Gasteiger partial charge < -0.3 is 5.11 Å². The number of unbranched alkanes of at least 4 members (excludes halogenated alkanes) is 6. The lowest BCUT2D eigenvalue weighted by Crippen LogP contribution is -1.95. The Hall–Kier alpha value is -1.05. The van der Waals surface area contributed by atoms with Crippen molar-refractivity contribution < 1.29 is 9.90 Å². The van der Waals surface area contributed by atoms with E-state index in [0.717, 1.165) is 32.1 Å². The molecule has 0 aromatic carbocycles. The number of carboxylic acids is 1. The van der Waals surface area contributed by atoms with Crippen LogP contribution in [-0.2, 0) is 4.79 Å². The molecule has 0 aliphatic heterocycles. The van der Waals surface area contributed by atoms with Crippen molar-refractivity contribution in [3.63, 3.8) is 0 Å². The zero-order valence-corrected chi connectivity index (χ0v) is 15.9. The number of allylic oxidation sites excluding steroid dienone is 4. The molecule has 0 bridgehead atoms. The predicted molar refractivity (Wildman–Crippen MR) is 101 cm³/mol. The molecular formula is C21H38O2. The highest BCUT2D eigenvalue weighted by atomic mass is 16.4. The Labute approximate surface area is 144 Å². The lowest BCUT2D eigenvalue weighted by Gasteiger charge is -2.09. The Morgan fingerprint density at radius 1 is 1.00 bits per heavy atom. The van der Waals surface area contributed by atoms with Crippen LogP contribution in [0.15, 0.2) is 23.3 Å². The van der Waals surface area contributed by atoms with Crippen molar-refractivity contribution in [1.29, 1.82) is 0 Å². The molecule has 2 heteroatoms. The molecule has 0 fully saturated rings. The second-order valence-electron chi connectivity index (χ2n) is 7.06. The summed E-state index contributed by atoms with van der Waals surface area (Å²) in [5.41, 5.74) is 2.95. The van der Waals surface area contributed by atoms with Gasteiger partial charge in [0.05, 0.1) is 0 Å². The van der Waals surface area contributed by atoms with Gasteiger partial charge in [-0.15, -0.1) is 0 Å². The van der Waals surface area contributed by atoms with Crippen LogP contribution in [0, 0.1) is 5.92 Å². The van der Waals surface area contributed by atoms with Gasteiger partial charge in [0.1, 0.15) is 0 Å². The van der Waals surface area contributed by atoms with E-state index in [-0.39, 0.29) is 0 Å². The van der Waals surface area contributed by atoms with Crippen LogP contribution in [-0.4, -0.2) is 11.1 Å². The van der Waals surface area contributed by atoms with Gasteiger partial charge in [-0.2, -0.15) is 0 Å². The van der Waals surface area contributed by atoms with E-state index in [1.165, 1.54) is 43.3 Å². The van der Waals surface area contributed by atoms with E-state index in [1.807, 2.05) is 0 Å². The zero-order valence-electron chi connectivity index (χ0n) is 15.9. The molecule has 1 atom stereocenters. The van der Waals surface area contributed by atoms with Crippen molar-refractivity contribution in [2.75, 3.05) is 0 Å². The number of aliphatic carboxylic acids is 1. The van der Waals surface area contributed by atoms with Crippen molar-refractivity contribution in [1.82, 2.24) is 0 Å². The molecule has 1 N–H and O–H groups in total. The first-order valence-corrected chi connectivity index (χ1v) is 9.50. The zero-order chi connectivity index (χ0) is 17.5. The van der Waals surface area contributed by atoms with E-state index < -0.39 is 5.97 Å². The fourth-order valence-electron chi connectivity index (χ4n) is 2.98. The molecule has 0 unspecified atom stereocenters.